The normalized spacial score (nSPS) is 11.3. The van der Waals surface area contributed by atoms with Gasteiger partial charge < -0.3 is 5.32 Å². The Balaban J connectivity index is 2.23. The van der Waals surface area contributed by atoms with Crippen molar-refractivity contribution in [1.29, 1.82) is 0 Å². The zero-order valence-corrected chi connectivity index (χ0v) is 14.2. The monoisotopic (exact) mass is 312 g/mol. The van der Waals surface area contributed by atoms with E-state index in [-0.39, 0.29) is 11.7 Å². The average molecular weight is 312 g/mol. The maximum absolute atomic E-state index is 12.1. The number of benzene rings is 1. The summed E-state index contributed by atoms with van der Waals surface area (Å²) < 4.78 is 1.75. The molecule has 0 fully saturated rings. The maximum Gasteiger partial charge on any atom is 0.290 e. The van der Waals surface area contributed by atoms with E-state index >= 15 is 0 Å². The van der Waals surface area contributed by atoms with Crippen molar-refractivity contribution in [1.82, 2.24) is 20.1 Å². The molecule has 23 heavy (non-hydrogen) atoms. The Morgan fingerprint density at radius 2 is 2.09 bits per heavy atom. The number of para-hydroxylation sites is 1. The minimum absolute atomic E-state index is 0.210. The van der Waals surface area contributed by atoms with Crippen LogP contribution in [0.5, 0.6) is 0 Å². The Kier molecular flexibility index (Phi) is 5.68. The van der Waals surface area contributed by atoms with E-state index < -0.39 is 0 Å². The van der Waals surface area contributed by atoms with Gasteiger partial charge in [-0.25, -0.2) is 9.67 Å². The van der Waals surface area contributed by atoms with Crippen LogP contribution >= 0.6 is 0 Å². The average Bonchev–Trinajstić information content (AvgIpc) is 2.93. The lowest BCUT2D eigenvalue weighted by Crippen LogP contribution is -2.25. The van der Waals surface area contributed by atoms with Crippen molar-refractivity contribution in [2.45, 2.75) is 40.0 Å². The summed E-state index contributed by atoms with van der Waals surface area (Å²) in [6.07, 6.45) is 4.78. The Bertz CT molecular complexity index is 701. The van der Waals surface area contributed by atoms with Gasteiger partial charge >= 0.3 is 0 Å². The number of carbonyl (C=O) groups is 1. The van der Waals surface area contributed by atoms with Crippen LogP contribution in [-0.2, 0) is 0 Å². The molecule has 0 saturated heterocycles. The third-order valence-electron chi connectivity index (χ3n) is 3.59. The van der Waals surface area contributed by atoms with E-state index in [1.807, 2.05) is 44.2 Å². The number of hydrogen-bond donors (Lipinski definition) is 1. The number of nitrogens with zero attached hydrogens (tertiary/aromatic N) is 3. The van der Waals surface area contributed by atoms with Gasteiger partial charge in [0.05, 0.1) is 5.69 Å². The van der Waals surface area contributed by atoms with E-state index in [1.54, 1.807) is 4.68 Å². The first kappa shape index (κ1) is 16.9. The van der Waals surface area contributed by atoms with Crippen molar-refractivity contribution in [3.63, 3.8) is 0 Å². The van der Waals surface area contributed by atoms with E-state index in [1.165, 1.54) is 5.56 Å². The summed E-state index contributed by atoms with van der Waals surface area (Å²) in [6, 6.07) is 8.07. The molecule has 0 atom stereocenters. The summed E-state index contributed by atoms with van der Waals surface area (Å²) in [5.74, 6) is 1.05. The van der Waals surface area contributed by atoms with Gasteiger partial charge in [-0.1, -0.05) is 44.2 Å². The molecule has 0 bridgehead atoms. The summed E-state index contributed by atoms with van der Waals surface area (Å²) in [4.78, 5) is 16.5. The molecule has 122 valence electrons. The minimum Gasteiger partial charge on any atom is -0.349 e. The van der Waals surface area contributed by atoms with Crippen LogP contribution in [0.25, 0.3) is 5.69 Å². The SMILES string of the molecule is C/C=C/CCNC(=O)c1nc(C)n(-c2ccccc2C(C)C)n1. The van der Waals surface area contributed by atoms with Crippen LogP contribution in [0.3, 0.4) is 0 Å². The van der Waals surface area contributed by atoms with Crippen molar-refractivity contribution in [2.75, 3.05) is 6.54 Å². The number of rotatable bonds is 6. The number of aryl methyl sites for hydroxylation is 1. The molecule has 1 aromatic carbocycles. The lowest BCUT2D eigenvalue weighted by atomic mass is 10.0. The standard InChI is InChI=1S/C18H24N4O/c1-5-6-9-12-19-18(23)17-20-14(4)22(21-17)16-11-8-7-10-15(16)13(2)3/h5-8,10-11,13H,9,12H2,1-4H3,(H,19,23)/b6-5+. The molecule has 0 aliphatic heterocycles. The van der Waals surface area contributed by atoms with Gasteiger partial charge in [0.2, 0.25) is 5.82 Å². The van der Waals surface area contributed by atoms with Gasteiger partial charge in [0.25, 0.3) is 5.91 Å². The van der Waals surface area contributed by atoms with Crippen LogP contribution in [0.1, 0.15) is 55.1 Å². The predicted molar refractivity (Wildman–Crippen MR) is 91.9 cm³/mol. The van der Waals surface area contributed by atoms with E-state index in [9.17, 15) is 4.79 Å². The van der Waals surface area contributed by atoms with E-state index in [0.29, 0.717) is 18.3 Å². The lowest BCUT2D eigenvalue weighted by molar-refractivity contribution is 0.0944. The molecule has 2 rings (SSSR count). The van der Waals surface area contributed by atoms with Gasteiger partial charge in [-0.05, 0) is 37.8 Å². The Morgan fingerprint density at radius 3 is 2.78 bits per heavy atom. The summed E-state index contributed by atoms with van der Waals surface area (Å²) in [6.45, 7) is 8.68. The first-order chi connectivity index (χ1) is 11.0. The molecule has 1 amide bonds. The molecule has 0 unspecified atom stereocenters. The van der Waals surface area contributed by atoms with Crippen molar-refractivity contribution in [3.8, 4) is 5.69 Å². The summed E-state index contributed by atoms with van der Waals surface area (Å²) in [5, 5.41) is 7.23. The topological polar surface area (TPSA) is 59.8 Å². The van der Waals surface area contributed by atoms with E-state index in [4.69, 9.17) is 0 Å². The van der Waals surface area contributed by atoms with Crippen LogP contribution in [0.15, 0.2) is 36.4 Å². The Hall–Kier alpha value is -2.43. The first-order valence-electron chi connectivity index (χ1n) is 7.97. The highest BCUT2D eigenvalue weighted by atomic mass is 16.2. The van der Waals surface area contributed by atoms with Crippen LogP contribution in [0.2, 0.25) is 0 Å². The smallest absolute Gasteiger partial charge is 0.290 e. The van der Waals surface area contributed by atoms with Gasteiger partial charge in [0.15, 0.2) is 0 Å². The molecule has 0 aliphatic carbocycles. The molecule has 5 heteroatoms. The third-order valence-corrected chi connectivity index (χ3v) is 3.59. The number of aromatic nitrogens is 3. The Labute approximate surface area is 137 Å². The van der Waals surface area contributed by atoms with Crippen LogP contribution in [0, 0.1) is 6.92 Å². The zero-order valence-electron chi connectivity index (χ0n) is 14.2. The molecule has 1 N–H and O–H groups in total. The highest BCUT2D eigenvalue weighted by Gasteiger charge is 2.17. The van der Waals surface area contributed by atoms with Crippen LogP contribution in [0.4, 0.5) is 0 Å². The second-order valence-electron chi connectivity index (χ2n) is 5.72. The minimum atomic E-state index is -0.238. The molecule has 0 spiro atoms. The van der Waals surface area contributed by atoms with Crippen LogP contribution < -0.4 is 5.32 Å². The fraction of sp³-hybridized carbons (Fsp3) is 0.389. The summed E-state index contributed by atoms with van der Waals surface area (Å²) in [5.41, 5.74) is 2.15. The van der Waals surface area contributed by atoms with Gasteiger partial charge in [-0.2, -0.15) is 0 Å². The molecule has 2 aromatic rings. The number of hydrogen-bond acceptors (Lipinski definition) is 3. The molecular formula is C18H24N4O. The first-order valence-corrected chi connectivity index (χ1v) is 7.97. The lowest BCUT2D eigenvalue weighted by Gasteiger charge is -2.12. The zero-order chi connectivity index (χ0) is 16.8. The molecule has 5 nitrogen and oxygen atoms in total. The van der Waals surface area contributed by atoms with Crippen LogP contribution in [-0.4, -0.2) is 27.2 Å². The van der Waals surface area contributed by atoms with Gasteiger partial charge in [0.1, 0.15) is 5.82 Å². The molecule has 0 saturated carbocycles. The van der Waals surface area contributed by atoms with Gasteiger partial charge in [-0.3, -0.25) is 4.79 Å². The molecule has 0 radical (unpaired) electrons. The number of allylic oxidation sites excluding steroid dienone is 1. The second-order valence-corrected chi connectivity index (χ2v) is 5.72. The van der Waals surface area contributed by atoms with Crippen molar-refractivity contribution in [3.05, 3.63) is 53.6 Å². The summed E-state index contributed by atoms with van der Waals surface area (Å²) >= 11 is 0. The molecular weight excluding hydrogens is 288 g/mol. The summed E-state index contributed by atoms with van der Waals surface area (Å²) in [7, 11) is 0. The molecule has 1 heterocycles. The number of amides is 1. The highest BCUT2D eigenvalue weighted by Crippen LogP contribution is 2.23. The fourth-order valence-electron chi connectivity index (χ4n) is 2.40. The number of carbonyl (C=O) groups excluding carboxylic acids is 1. The highest BCUT2D eigenvalue weighted by molar-refractivity contribution is 5.90. The quantitative estimate of drug-likeness (QED) is 0.657. The van der Waals surface area contributed by atoms with Crippen molar-refractivity contribution in [2.24, 2.45) is 0 Å². The van der Waals surface area contributed by atoms with E-state index in [2.05, 4.69) is 35.3 Å². The van der Waals surface area contributed by atoms with Gasteiger partial charge in [-0.15, -0.1) is 5.10 Å². The largest absolute Gasteiger partial charge is 0.349 e. The van der Waals surface area contributed by atoms with E-state index in [0.717, 1.165) is 12.1 Å². The third kappa shape index (κ3) is 4.06. The second kappa shape index (κ2) is 7.72. The predicted octanol–water partition coefficient (Wildman–Crippen LogP) is 3.40. The van der Waals surface area contributed by atoms with Crippen molar-refractivity contribution >= 4 is 5.91 Å². The molecule has 1 aromatic heterocycles. The number of nitrogens with one attached hydrogen (secondary N) is 1. The fourth-order valence-corrected chi connectivity index (χ4v) is 2.40. The Morgan fingerprint density at radius 1 is 1.35 bits per heavy atom. The van der Waals surface area contributed by atoms with Gasteiger partial charge in [0, 0.05) is 6.54 Å². The maximum atomic E-state index is 12.1. The van der Waals surface area contributed by atoms with Crippen molar-refractivity contribution < 1.29 is 4.79 Å². The molecule has 0 aliphatic rings.